The minimum absolute atomic E-state index is 0.776. The summed E-state index contributed by atoms with van der Waals surface area (Å²) in [5, 5.41) is 0. The molecule has 0 spiro atoms. The summed E-state index contributed by atoms with van der Waals surface area (Å²) in [4.78, 5) is 0. The van der Waals surface area contributed by atoms with Crippen LogP contribution in [0.1, 0.15) is 122 Å². The van der Waals surface area contributed by atoms with Crippen LogP contribution in [0.4, 0.5) is 0 Å². The van der Waals surface area contributed by atoms with Crippen LogP contribution in [-0.4, -0.2) is 0 Å². The molecular weight excluding hydrogens is 372 g/mol. The van der Waals surface area contributed by atoms with E-state index in [1.807, 2.05) is 0 Å². The lowest BCUT2D eigenvalue weighted by atomic mass is 9.68. The molecule has 0 heterocycles. The Hall–Kier alpha value is -0.780. The first-order valence-electron chi connectivity index (χ1n) is 14.2. The van der Waals surface area contributed by atoms with Gasteiger partial charge < -0.3 is 0 Å². The lowest BCUT2D eigenvalue weighted by Crippen LogP contribution is -2.25. The zero-order chi connectivity index (χ0) is 21.9. The highest BCUT2D eigenvalue weighted by Gasteiger charge is 2.31. The molecule has 0 bridgehead atoms. The minimum Gasteiger partial charge on any atom is -0.103 e. The second-order valence-electron chi connectivity index (χ2n) is 11.4. The van der Waals surface area contributed by atoms with Gasteiger partial charge in [-0.25, -0.2) is 0 Å². The van der Waals surface area contributed by atoms with E-state index < -0.39 is 0 Å². The Bertz CT molecular complexity index is 538. The van der Waals surface area contributed by atoms with Crippen LogP contribution in [0.25, 0.3) is 0 Å². The largest absolute Gasteiger partial charge is 0.103 e. The molecule has 176 valence electrons. The standard InChI is InChI=1S/C31H52/c1-4-6-12-27-17-19-28(20-18-27)13-7-8-14-30-15-9-10-16-31(30)25(3)29-23-21-26(11-5-2)22-24-29/h4,8,14,26-31H,1,3,5-7,9-13,15-24H2,2H3/b14-8+. The third-order valence-electron chi connectivity index (χ3n) is 9.23. The summed E-state index contributed by atoms with van der Waals surface area (Å²) in [6, 6.07) is 0. The fourth-order valence-electron chi connectivity index (χ4n) is 7.15. The molecule has 3 fully saturated rings. The molecule has 0 nitrogen and oxygen atoms in total. The quantitative estimate of drug-likeness (QED) is 0.289. The molecule has 0 aliphatic heterocycles. The zero-order valence-corrected chi connectivity index (χ0v) is 20.8. The van der Waals surface area contributed by atoms with Gasteiger partial charge in [0, 0.05) is 0 Å². The Morgan fingerprint density at radius 3 is 1.97 bits per heavy atom. The Balaban J connectivity index is 1.40. The highest BCUT2D eigenvalue weighted by atomic mass is 14.4. The van der Waals surface area contributed by atoms with E-state index in [1.54, 1.807) is 5.57 Å². The van der Waals surface area contributed by atoms with Gasteiger partial charge in [0.2, 0.25) is 0 Å². The second-order valence-corrected chi connectivity index (χ2v) is 11.4. The molecule has 0 N–H and O–H groups in total. The van der Waals surface area contributed by atoms with E-state index in [0.29, 0.717) is 0 Å². The van der Waals surface area contributed by atoms with Crippen molar-refractivity contribution in [2.75, 3.05) is 0 Å². The maximum absolute atomic E-state index is 4.71. The van der Waals surface area contributed by atoms with Gasteiger partial charge in [-0.15, -0.1) is 6.58 Å². The Morgan fingerprint density at radius 1 is 0.742 bits per heavy atom. The van der Waals surface area contributed by atoms with Gasteiger partial charge in [0.1, 0.15) is 0 Å². The Kier molecular flexibility index (Phi) is 11.0. The maximum atomic E-state index is 4.71. The summed E-state index contributed by atoms with van der Waals surface area (Å²) in [6.07, 6.45) is 32.7. The Labute approximate surface area is 195 Å². The number of rotatable bonds is 11. The van der Waals surface area contributed by atoms with Gasteiger partial charge in [-0.3, -0.25) is 0 Å². The topological polar surface area (TPSA) is 0 Å². The molecule has 3 rings (SSSR count). The van der Waals surface area contributed by atoms with Crippen molar-refractivity contribution in [1.82, 2.24) is 0 Å². The van der Waals surface area contributed by atoms with Crippen LogP contribution in [-0.2, 0) is 0 Å². The highest BCUT2D eigenvalue weighted by Crippen LogP contribution is 2.43. The van der Waals surface area contributed by atoms with Crippen LogP contribution in [0.15, 0.2) is 37.0 Å². The van der Waals surface area contributed by atoms with Crippen molar-refractivity contribution in [3.8, 4) is 0 Å². The van der Waals surface area contributed by atoms with Crippen LogP contribution >= 0.6 is 0 Å². The molecule has 3 aliphatic carbocycles. The van der Waals surface area contributed by atoms with Gasteiger partial charge in [-0.05, 0) is 99.7 Å². The Morgan fingerprint density at radius 2 is 1.32 bits per heavy atom. The first-order valence-corrected chi connectivity index (χ1v) is 14.2. The van der Waals surface area contributed by atoms with Gasteiger partial charge in [0.15, 0.2) is 0 Å². The highest BCUT2D eigenvalue weighted by molar-refractivity contribution is 5.13. The summed E-state index contributed by atoms with van der Waals surface area (Å²) in [5.41, 5.74) is 1.64. The first kappa shape index (κ1) is 24.9. The third kappa shape index (κ3) is 7.94. The summed E-state index contributed by atoms with van der Waals surface area (Å²) in [5.74, 6) is 5.36. The van der Waals surface area contributed by atoms with E-state index in [1.165, 1.54) is 116 Å². The lowest BCUT2D eigenvalue weighted by molar-refractivity contribution is 0.244. The van der Waals surface area contributed by atoms with Crippen LogP contribution in [0.3, 0.4) is 0 Å². The zero-order valence-electron chi connectivity index (χ0n) is 20.8. The summed E-state index contributed by atoms with van der Waals surface area (Å²) >= 11 is 0. The molecule has 3 aliphatic rings. The van der Waals surface area contributed by atoms with E-state index >= 15 is 0 Å². The summed E-state index contributed by atoms with van der Waals surface area (Å²) in [7, 11) is 0. The molecule has 0 amide bonds. The fourth-order valence-corrected chi connectivity index (χ4v) is 7.15. The van der Waals surface area contributed by atoms with E-state index in [2.05, 4.69) is 31.7 Å². The molecule has 31 heavy (non-hydrogen) atoms. The lowest BCUT2D eigenvalue weighted by Gasteiger charge is -2.37. The molecule has 2 unspecified atom stereocenters. The van der Waals surface area contributed by atoms with Gasteiger partial charge in [-0.2, -0.15) is 0 Å². The summed E-state index contributed by atoms with van der Waals surface area (Å²) < 4.78 is 0. The number of hydrogen-bond acceptors (Lipinski definition) is 0. The van der Waals surface area contributed by atoms with Crippen molar-refractivity contribution < 1.29 is 0 Å². The smallest absolute Gasteiger partial charge is 0.0140 e. The van der Waals surface area contributed by atoms with Gasteiger partial charge in [0.25, 0.3) is 0 Å². The molecule has 0 saturated heterocycles. The van der Waals surface area contributed by atoms with Gasteiger partial charge >= 0.3 is 0 Å². The van der Waals surface area contributed by atoms with Crippen LogP contribution in [0.5, 0.6) is 0 Å². The number of allylic oxidation sites excluding steroid dienone is 4. The SMILES string of the molecule is C=CCCC1CCC(CC/C=C/C2CCCCC2C(=C)C2CCC(CCC)CC2)CC1. The molecule has 0 aromatic heterocycles. The number of hydrogen-bond donors (Lipinski definition) is 0. The average molecular weight is 425 g/mol. The monoisotopic (exact) mass is 424 g/mol. The van der Waals surface area contributed by atoms with Crippen molar-refractivity contribution in [2.45, 2.75) is 122 Å². The predicted molar refractivity (Wildman–Crippen MR) is 138 cm³/mol. The molecule has 2 atom stereocenters. The van der Waals surface area contributed by atoms with E-state index in [-0.39, 0.29) is 0 Å². The van der Waals surface area contributed by atoms with Crippen LogP contribution in [0, 0.1) is 35.5 Å². The van der Waals surface area contributed by atoms with E-state index in [4.69, 9.17) is 6.58 Å². The van der Waals surface area contributed by atoms with E-state index in [0.717, 1.165) is 35.5 Å². The predicted octanol–water partition coefficient (Wildman–Crippen LogP) is 10.1. The van der Waals surface area contributed by atoms with Crippen molar-refractivity contribution in [1.29, 1.82) is 0 Å². The van der Waals surface area contributed by atoms with Crippen molar-refractivity contribution in [3.05, 3.63) is 37.0 Å². The third-order valence-corrected chi connectivity index (χ3v) is 9.23. The molecule has 0 aromatic carbocycles. The van der Waals surface area contributed by atoms with Crippen LogP contribution < -0.4 is 0 Å². The molecule has 0 aromatic rings. The van der Waals surface area contributed by atoms with Gasteiger partial charge in [-0.1, -0.05) is 88.7 Å². The van der Waals surface area contributed by atoms with Crippen molar-refractivity contribution >= 4 is 0 Å². The van der Waals surface area contributed by atoms with E-state index in [9.17, 15) is 0 Å². The first-order chi connectivity index (χ1) is 15.2. The molecule has 3 saturated carbocycles. The van der Waals surface area contributed by atoms with Crippen LogP contribution in [0.2, 0.25) is 0 Å². The maximum Gasteiger partial charge on any atom is -0.0140 e. The summed E-state index contributed by atoms with van der Waals surface area (Å²) in [6.45, 7) is 10.9. The normalized spacial score (nSPS) is 34.6. The second kappa shape index (κ2) is 13.7. The molecule has 0 heteroatoms. The fraction of sp³-hybridized carbons (Fsp3) is 0.806. The van der Waals surface area contributed by atoms with Crippen molar-refractivity contribution in [3.63, 3.8) is 0 Å². The molecular formula is C31H52. The average Bonchev–Trinajstić information content (AvgIpc) is 2.82. The van der Waals surface area contributed by atoms with Crippen molar-refractivity contribution in [2.24, 2.45) is 35.5 Å². The van der Waals surface area contributed by atoms with Gasteiger partial charge in [0.05, 0.1) is 0 Å². The molecule has 0 radical (unpaired) electrons. The minimum atomic E-state index is 0.776.